The summed E-state index contributed by atoms with van der Waals surface area (Å²) in [6, 6.07) is 12.1. The smallest absolute Gasteiger partial charge is 0.122 e. The molecule has 1 aromatic carbocycles. The van der Waals surface area contributed by atoms with Gasteiger partial charge in [0.1, 0.15) is 17.1 Å². The van der Waals surface area contributed by atoms with Gasteiger partial charge < -0.3 is 9.30 Å². The molecule has 4 heterocycles. The van der Waals surface area contributed by atoms with E-state index in [1.54, 1.807) is 6.20 Å². The minimum Gasteiger partial charge on any atom is -0.493 e. The first-order valence-electron chi connectivity index (χ1n) is 8.86. The number of para-hydroxylation sites is 1. The summed E-state index contributed by atoms with van der Waals surface area (Å²) in [6.45, 7) is 3.48. The number of aromatic nitrogens is 6. The summed E-state index contributed by atoms with van der Waals surface area (Å²) in [4.78, 5) is 9.02. The Labute approximate surface area is 156 Å². The number of rotatable bonds is 4. The molecule has 7 heteroatoms. The van der Waals surface area contributed by atoms with E-state index in [1.807, 2.05) is 43.7 Å². The van der Waals surface area contributed by atoms with Crippen LogP contribution in [0.15, 0.2) is 55.1 Å². The molecule has 0 fully saturated rings. The molecule has 3 aromatic heterocycles. The number of ether oxygens (including phenoxy) is 1. The van der Waals surface area contributed by atoms with Crippen molar-refractivity contribution in [3.8, 4) is 28.4 Å². The van der Waals surface area contributed by atoms with E-state index in [0.717, 1.165) is 40.6 Å². The van der Waals surface area contributed by atoms with Gasteiger partial charge in [0, 0.05) is 36.0 Å². The summed E-state index contributed by atoms with van der Waals surface area (Å²) >= 11 is 0. The Balaban J connectivity index is 1.39. The number of fused-ring (bicyclic) bond motifs is 1. The van der Waals surface area contributed by atoms with Gasteiger partial charge in [0.25, 0.3) is 0 Å². The van der Waals surface area contributed by atoms with Crippen LogP contribution >= 0.6 is 0 Å². The highest BCUT2D eigenvalue weighted by atomic mass is 16.5. The molecule has 0 amide bonds. The van der Waals surface area contributed by atoms with Gasteiger partial charge in [0.05, 0.1) is 24.3 Å². The molecular formula is C20H18N6O. The lowest BCUT2D eigenvalue weighted by atomic mass is 10.0. The van der Waals surface area contributed by atoms with Crippen molar-refractivity contribution in [2.75, 3.05) is 6.61 Å². The highest BCUT2D eigenvalue weighted by Gasteiger charge is 2.24. The number of hydrogen-bond donors (Lipinski definition) is 1. The molecule has 0 radical (unpaired) electrons. The minimum atomic E-state index is 0.334. The van der Waals surface area contributed by atoms with E-state index in [2.05, 4.69) is 42.1 Å². The standard InChI is InChI=1S/C20H18N6O/c1-13-20(24-25-23-13)14-6-7-21-17(8-14)18-10-26(12-22-18)9-15-11-27-19-5-3-2-4-16(15)19/h2-8,10,12,15H,9,11H2,1H3,(H,23,24,25)/t15-/m1/s1. The first-order valence-corrected chi connectivity index (χ1v) is 8.86. The molecule has 1 aliphatic heterocycles. The number of aryl methyl sites for hydroxylation is 1. The second-order valence-corrected chi connectivity index (χ2v) is 6.72. The van der Waals surface area contributed by atoms with Crippen LogP contribution in [0.3, 0.4) is 0 Å². The number of aromatic amines is 1. The number of nitrogens with one attached hydrogen (secondary N) is 1. The van der Waals surface area contributed by atoms with Crippen LogP contribution < -0.4 is 4.74 Å². The van der Waals surface area contributed by atoms with Crippen LogP contribution in [0.4, 0.5) is 0 Å². The van der Waals surface area contributed by atoms with E-state index in [1.165, 1.54) is 5.56 Å². The lowest BCUT2D eigenvalue weighted by Gasteiger charge is -2.09. The molecular weight excluding hydrogens is 340 g/mol. The Morgan fingerprint density at radius 2 is 2.11 bits per heavy atom. The topological polar surface area (TPSA) is 81.5 Å². The molecule has 5 rings (SSSR count). The van der Waals surface area contributed by atoms with E-state index in [-0.39, 0.29) is 0 Å². The Bertz CT molecular complexity index is 1100. The van der Waals surface area contributed by atoms with E-state index in [0.29, 0.717) is 12.5 Å². The molecule has 27 heavy (non-hydrogen) atoms. The van der Waals surface area contributed by atoms with E-state index in [9.17, 15) is 0 Å². The molecule has 4 aromatic rings. The van der Waals surface area contributed by atoms with Crippen molar-refractivity contribution in [3.05, 3.63) is 66.4 Å². The van der Waals surface area contributed by atoms with Crippen LogP contribution in [0.1, 0.15) is 17.2 Å². The Morgan fingerprint density at radius 3 is 3.00 bits per heavy atom. The molecule has 0 saturated heterocycles. The highest BCUT2D eigenvalue weighted by molar-refractivity contribution is 5.67. The predicted octanol–water partition coefficient (Wildman–Crippen LogP) is 3.21. The van der Waals surface area contributed by atoms with Gasteiger partial charge in [0.15, 0.2) is 0 Å². The van der Waals surface area contributed by atoms with Crippen molar-refractivity contribution < 1.29 is 4.74 Å². The summed E-state index contributed by atoms with van der Waals surface area (Å²) in [5, 5.41) is 10.9. The summed E-state index contributed by atoms with van der Waals surface area (Å²) in [5.41, 5.74) is 5.64. The number of nitrogens with zero attached hydrogens (tertiary/aromatic N) is 5. The number of hydrogen-bond acceptors (Lipinski definition) is 5. The van der Waals surface area contributed by atoms with E-state index >= 15 is 0 Å². The summed E-state index contributed by atoms with van der Waals surface area (Å²) < 4.78 is 7.88. The molecule has 0 spiro atoms. The molecule has 0 bridgehead atoms. The highest BCUT2D eigenvalue weighted by Crippen LogP contribution is 2.34. The van der Waals surface area contributed by atoms with E-state index < -0.39 is 0 Å². The van der Waals surface area contributed by atoms with Gasteiger partial charge in [-0.2, -0.15) is 0 Å². The quantitative estimate of drug-likeness (QED) is 0.606. The molecule has 1 atom stereocenters. The fourth-order valence-corrected chi connectivity index (χ4v) is 3.50. The van der Waals surface area contributed by atoms with Crippen molar-refractivity contribution in [2.24, 2.45) is 0 Å². The second kappa shape index (κ2) is 6.35. The Kier molecular flexibility index (Phi) is 3.71. The second-order valence-electron chi connectivity index (χ2n) is 6.72. The normalized spacial score (nSPS) is 15.5. The van der Waals surface area contributed by atoms with Crippen molar-refractivity contribution in [1.82, 2.24) is 29.9 Å². The summed E-state index contributed by atoms with van der Waals surface area (Å²) in [6.07, 6.45) is 5.66. The zero-order valence-corrected chi connectivity index (χ0v) is 14.8. The summed E-state index contributed by atoms with van der Waals surface area (Å²) in [7, 11) is 0. The van der Waals surface area contributed by atoms with Gasteiger partial charge in [-0.3, -0.25) is 10.1 Å². The van der Waals surface area contributed by atoms with Crippen LogP contribution in [-0.4, -0.2) is 36.6 Å². The van der Waals surface area contributed by atoms with Gasteiger partial charge in [-0.1, -0.05) is 23.4 Å². The lowest BCUT2D eigenvalue weighted by Crippen LogP contribution is -2.09. The maximum absolute atomic E-state index is 5.78. The monoisotopic (exact) mass is 358 g/mol. The molecule has 0 unspecified atom stereocenters. The predicted molar refractivity (Wildman–Crippen MR) is 100 cm³/mol. The SMILES string of the molecule is Cc1[nH]nnc1-c1ccnc(-c2cn(C[C@@H]3COc4ccccc43)cn2)c1. The zero-order valence-electron chi connectivity index (χ0n) is 14.8. The largest absolute Gasteiger partial charge is 0.493 e. The summed E-state index contributed by atoms with van der Waals surface area (Å²) in [5.74, 6) is 1.32. The van der Waals surface area contributed by atoms with Crippen molar-refractivity contribution in [3.63, 3.8) is 0 Å². The van der Waals surface area contributed by atoms with Gasteiger partial charge in [-0.15, -0.1) is 5.10 Å². The maximum Gasteiger partial charge on any atom is 0.122 e. The molecule has 1 aliphatic rings. The molecule has 7 nitrogen and oxygen atoms in total. The van der Waals surface area contributed by atoms with Crippen molar-refractivity contribution >= 4 is 0 Å². The maximum atomic E-state index is 5.78. The molecule has 1 N–H and O–H groups in total. The third-order valence-corrected chi connectivity index (χ3v) is 4.88. The molecule has 134 valence electrons. The number of H-pyrrole nitrogens is 1. The van der Waals surface area contributed by atoms with Crippen molar-refractivity contribution in [1.29, 1.82) is 0 Å². The van der Waals surface area contributed by atoms with Crippen LogP contribution in [0.5, 0.6) is 5.75 Å². The van der Waals surface area contributed by atoms with Gasteiger partial charge in [0.2, 0.25) is 0 Å². The van der Waals surface area contributed by atoms with Gasteiger partial charge in [-0.25, -0.2) is 4.98 Å². The van der Waals surface area contributed by atoms with Gasteiger partial charge >= 0.3 is 0 Å². The molecule has 0 aliphatic carbocycles. The van der Waals surface area contributed by atoms with Crippen LogP contribution in [0.25, 0.3) is 22.6 Å². The fraction of sp³-hybridized carbons (Fsp3) is 0.200. The number of benzene rings is 1. The average Bonchev–Trinajstić information content (AvgIpc) is 3.43. The van der Waals surface area contributed by atoms with Crippen molar-refractivity contribution in [2.45, 2.75) is 19.4 Å². The zero-order chi connectivity index (χ0) is 18.2. The van der Waals surface area contributed by atoms with Gasteiger partial charge in [-0.05, 0) is 25.1 Å². The molecule has 0 saturated carbocycles. The Hall–Kier alpha value is -3.48. The third kappa shape index (κ3) is 2.87. The number of pyridine rings is 1. The third-order valence-electron chi connectivity index (χ3n) is 4.88. The Morgan fingerprint density at radius 1 is 1.19 bits per heavy atom. The fourth-order valence-electron chi connectivity index (χ4n) is 3.50. The van der Waals surface area contributed by atoms with Crippen LogP contribution in [0.2, 0.25) is 0 Å². The minimum absolute atomic E-state index is 0.334. The first-order chi connectivity index (χ1) is 13.3. The van der Waals surface area contributed by atoms with E-state index in [4.69, 9.17) is 4.74 Å². The van der Waals surface area contributed by atoms with Crippen LogP contribution in [-0.2, 0) is 6.54 Å². The first kappa shape index (κ1) is 15.7. The number of imidazole rings is 1. The average molecular weight is 358 g/mol. The lowest BCUT2D eigenvalue weighted by molar-refractivity contribution is 0.319. The van der Waals surface area contributed by atoms with Crippen LogP contribution in [0, 0.1) is 6.92 Å².